The van der Waals surface area contributed by atoms with E-state index in [0.29, 0.717) is 11.8 Å². The molecule has 0 aliphatic heterocycles. The molecule has 0 aromatic carbocycles. The molecular formula is C13H25NO. The first-order valence-corrected chi connectivity index (χ1v) is 6.58. The Morgan fingerprint density at radius 1 is 1.00 bits per heavy atom. The number of nitrogens with zero attached hydrogens (tertiary/aromatic N) is 1. The predicted molar refractivity (Wildman–Crippen MR) is 63.7 cm³/mol. The molecule has 0 N–H and O–H groups in total. The van der Waals surface area contributed by atoms with Crippen LogP contribution in [0.4, 0.5) is 0 Å². The summed E-state index contributed by atoms with van der Waals surface area (Å²) in [6.45, 7) is 5.88. The second-order valence-corrected chi connectivity index (χ2v) is 4.55. The Morgan fingerprint density at radius 3 is 1.93 bits per heavy atom. The topological polar surface area (TPSA) is 20.3 Å². The van der Waals surface area contributed by atoms with Crippen LogP contribution in [0.3, 0.4) is 0 Å². The minimum Gasteiger partial charge on any atom is -0.343 e. The molecule has 0 aromatic heterocycles. The van der Waals surface area contributed by atoms with Crippen molar-refractivity contribution >= 4 is 5.91 Å². The second kappa shape index (κ2) is 6.86. The molecule has 88 valence electrons. The van der Waals surface area contributed by atoms with Crippen molar-refractivity contribution in [2.24, 2.45) is 5.92 Å². The first-order valence-electron chi connectivity index (χ1n) is 6.58. The van der Waals surface area contributed by atoms with E-state index < -0.39 is 0 Å². The predicted octanol–water partition coefficient (Wildman–Crippen LogP) is 3.22. The van der Waals surface area contributed by atoms with Crippen LogP contribution in [0.5, 0.6) is 0 Å². The van der Waals surface area contributed by atoms with Gasteiger partial charge in [-0.15, -0.1) is 0 Å². The maximum Gasteiger partial charge on any atom is 0.225 e. The van der Waals surface area contributed by atoms with E-state index in [2.05, 4.69) is 13.8 Å². The van der Waals surface area contributed by atoms with Crippen LogP contribution in [0.25, 0.3) is 0 Å². The maximum absolute atomic E-state index is 12.2. The minimum atomic E-state index is 0.324. The SMILES string of the molecule is CCN(CC)C(=O)C1CCCCCCC1. The van der Waals surface area contributed by atoms with Gasteiger partial charge in [-0.25, -0.2) is 0 Å². The Bertz CT molecular complexity index is 179. The molecule has 1 amide bonds. The van der Waals surface area contributed by atoms with Crippen molar-refractivity contribution in [2.75, 3.05) is 13.1 Å². The van der Waals surface area contributed by atoms with Crippen LogP contribution in [0.2, 0.25) is 0 Å². The number of amides is 1. The molecule has 15 heavy (non-hydrogen) atoms. The summed E-state index contributed by atoms with van der Waals surface area (Å²) in [6.07, 6.45) is 8.75. The van der Waals surface area contributed by atoms with Crippen molar-refractivity contribution in [3.63, 3.8) is 0 Å². The Morgan fingerprint density at radius 2 is 1.47 bits per heavy atom. The first-order chi connectivity index (χ1) is 7.29. The van der Waals surface area contributed by atoms with E-state index in [9.17, 15) is 4.79 Å². The number of hydrogen-bond acceptors (Lipinski definition) is 1. The standard InChI is InChI=1S/C13H25NO/c1-3-14(4-2)13(15)12-10-8-6-5-7-9-11-12/h12H,3-11H2,1-2H3. The molecule has 1 aliphatic rings. The highest BCUT2D eigenvalue weighted by atomic mass is 16.2. The second-order valence-electron chi connectivity index (χ2n) is 4.55. The average molecular weight is 211 g/mol. The van der Waals surface area contributed by atoms with E-state index in [1.807, 2.05) is 4.90 Å². The van der Waals surface area contributed by atoms with Gasteiger partial charge in [-0.2, -0.15) is 0 Å². The van der Waals surface area contributed by atoms with Gasteiger partial charge >= 0.3 is 0 Å². The monoisotopic (exact) mass is 211 g/mol. The maximum atomic E-state index is 12.2. The van der Waals surface area contributed by atoms with Gasteiger partial charge in [0.2, 0.25) is 5.91 Å². The summed E-state index contributed by atoms with van der Waals surface area (Å²) in [7, 11) is 0. The van der Waals surface area contributed by atoms with Gasteiger partial charge in [-0.3, -0.25) is 4.79 Å². The minimum absolute atomic E-state index is 0.324. The third-order valence-corrected chi connectivity index (χ3v) is 3.53. The van der Waals surface area contributed by atoms with Crippen LogP contribution >= 0.6 is 0 Å². The fourth-order valence-electron chi connectivity index (χ4n) is 2.50. The number of carbonyl (C=O) groups excluding carboxylic acids is 1. The summed E-state index contributed by atoms with van der Waals surface area (Å²) < 4.78 is 0. The van der Waals surface area contributed by atoms with Crippen LogP contribution < -0.4 is 0 Å². The molecule has 1 aliphatic carbocycles. The fraction of sp³-hybridized carbons (Fsp3) is 0.923. The van der Waals surface area contributed by atoms with Crippen LogP contribution in [0.15, 0.2) is 0 Å². The van der Waals surface area contributed by atoms with E-state index in [0.717, 1.165) is 25.9 Å². The third-order valence-electron chi connectivity index (χ3n) is 3.53. The van der Waals surface area contributed by atoms with Gasteiger partial charge in [-0.05, 0) is 26.7 Å². The summed E-state index contributed by atoms with van der Waals surface area (Å²) in [4.78, 5) is 14.1. The number of rotatable bonds is 3. The molecular weight excluding hydrogens is 186 g/mol. The lowest BCUT2D eigenvalue weighted by Gasteiger charge is -2.26. The van der Waals surface area contributed by atoms with Crippen LogP contribution in [-0.2, 0) is 4.79 Å². The molecule has 0 saturated heterocycles. The Hall–Kier alpha value is -0.530. The molecule has 2 nitrogen and oxygen atoms in total. The molecule has 2 heteroatoms. The smallest absolute Gasteiger partial charge is 0.225 e. The highest BCUT2D eigenvalue weighted by Gasteiger charge is 2.22. The molecule has 0 radical (unpaired) electrons. The van der Waals surface area contributed by atoms with Gasteiger partial charge in [0.1, 0.15) is 0 Å². The molecule has 0 unspecified atom stereocenters. The number of hydrogen-bond donors (Lipinski definition) is 0. The van der Waals surface area contributed by atoms with Gasteiger partial charge in [-0.1, -0.05) is 32.1 Å². The highest BCUT2D eigenvalue weighted by molar-refractivity contribution is 5.78. The summed E-state index contributed by atoms with van der Waals surface area (Å²) in [5.41, 5.74) is 0. The molecule has 1 saturated carbocycles. The molecule has 0 heterocycles. The van der Waals surface area contributed by atoms with Gasteiger partial charge < -0.3 is 4.90 Å². The van der Waals surface area contributed by atoms with E-state index >= 15 is 0 Å². The Labute approximate surface area is 94.0 Å². The van der Waals surface area contributed by atoms with E-state index in [1.54, 1.807) is 0 Å². The lowest BCUT2D eigenvalue weighted by Crippen LogP contribution is -2.36. The molecule has 1 rings (SSSR count). The number of carbonyl (C=O) groups is 1. The quantitative estimate of drug-likeness (QED) is 0.702. The van der Waals surface area contributed by atoms with Crippen LogP contribution in [0.1, 0.15) is 58.8 Å². The normalized spacial score (nSPS) is 19.3. The largest absolute Gasteiger partial charge is 0.343 e. The van der Waals surface area contributed by atoms with Gasteiger partial charge in [0, 0.05) is 19.0 Å². The van der Waals surface area contributed by atoms with Crippen molar-refractivity contribution < 1.29 is 4.79 Å². The summed E-state index contributed by atoms with van der Waals surface area (Å²) in [5, 5.41) is 0. The van der Waals surface area contributed by atoms with Crippen molar-refractivity contribution in [1.82, 2.24) is 4.90 Å². The summed E-state index contributed by atoms with van der Waals surface area (Å²) in [5.74, 6) is 0.729. The Kier molecular flexibility index (Phi) is 5.74. The zero-order chi connectivity index (χ0) is 11.1. The molecule has 0 bridgehead atoms. The van der Waals surface area contributed by atoms with Crippen LogP contribution in [-0.4, -0.2) is 23.9 Å². The lowest BCUT2D eigenvalue weighted by atomic mass is 9.90. The zero-order valence-electron chi connectivity index (χ0n) is 10.3. The van der Waals surface area contributed by atoms with Gasteiger partial charge in [0.15, 0.2) is 0 Å². The van der Waals surface area contributed by atoms with Crippen molar-refractivity contribution in [1.29, 1.82) is 0 Å². The van der Waals surface area contributed by atoms with Crippen molar-refractivity contribution in [2.45, 2.75) is 58.8 Å². The lowest BCUT2D eigenvalue weighted by molar-refractivity contribution is -0.135. The highest BCUT2D eigenvalue weighted by Crippen LogP contribution is 2.23. The van der Waals surface area contributed by atoms with Gasteiger partial charge in [0.25, 0.3) is 0 Å². The zero-order valence-corrected chi connectivity index (χ0v) is 10.3. The third kappa shape index (κ3) is 3.84. The van der Waals surface area contributed by atoms with Crippen molar-refractivity contribution in [3.8, 4) is 0 Å². The van der Waals surface area contributed by atoms with E-state index in [1.165, 1.54) is 32.1 Å². The first kappa shape index (κ1) is 12.5. The van der Waals surface area contributed by atoms with Crippen LogP contribution in [0, 0.1) is 5.92 Å². The summed E-state index contributed by atoms with van der Waals surface area (Å²) in [6, 6.07) is 0. The molecule has 0 aromatic rings. The van der Waals surface area contributed by atoms with Gasteiger partial charge in [0.05, 0.1) is 0 Å². The molecule has 0 atom stereocenters. The molecule has 0 spiro atoms. The Balaban J connectivity index is 2.47. The fourth-order valence-corrected chi connectivity index (χ4v) is 2.50. The average Bonchev–Trinajstić information content (AvgIpc) is 2.18. The van der Waals surface area contributed by atoms with E-state index in [-0.39, 0.29) is 0 Å². The summed E-state index contributed by atoms with van der Waals surface area (Å²) >= 11 is 0. The van der Waals surface area contributed by atoms with E-state index in [4.69, 9.17) is 0 Å². The molecule has 1 fully saturated rings. The van der Waals surface area contributed by atoms with Crippen molar-refractivity contribution in [3.05, 3.63) is 0 Å².